The molecule has 27 heavy (non-hydrogen) atoms. The fraction of sp³-hybridized carbons (Fsp3) is 0.286. The molecule has 1 aliphatic rings. The van der Waals surface area contributed by atoms with Gasteiger partial charge in [0.05, 0.1) is 5.92 Å². The van der Waals surface area contributed by atoms with Crippen molar-refractivity contribution in [2.24, 2.45) is 17.3 Å². The summed E-state index contributed by atoms with van der Waals surface area (Å²) in [4.78, 5) is 12.4. The van der Waals surface area contributed by atoms with Crippen LogP contribution in [0.5, 0.6) is 11.5 Å². The van der Waals surface area contributed by atoms with Crippen LogP contribution in [0, 0.1) is 23.1 Å². The lowest BCUT2D eigenvalue weighted by Gasteiger charge is -2.10. The summed E-state index contributed by atoms with van der Waals surface area (Å²) in [5, 5.41) is 0. The Morgan fingerprint density at radius 3 is 2.56 bits per heavy atom. The average molecular weight is 409 g/mol. The lowest BCUT2D eigenvalue weighted by atomic mass is 10.1. The van der Waals surface area contributed by atoms with Gasteiger partial charge >= 0.3 is 5.97 Å². The van der Waals surface area contributed by atoms with Crippen LogP contribution in [0.1, 0.15) is 19.4 Å². The van der Waals surface area contributed by atoms with Crippen molar-refractivity contribution in [1.82, 2.24) is 0 Å². The predicted molar refractivity (Wildman–Crippen MR) is 103 cm³/mol. The molecule has 0 spiro atoms. The quantitative estimate of drug-likeness (QED) is 0.529. The van der Waals surface area contributed by atoms with Gasteiger partial charge in [-0.1, -0.05) is 61.3 Å². The molecule has 2 aromatic rings. The van der Waals surface area contributed by atoms with Crippen molar-refractivity contribution in [3.63, 3.8) is 0 Å². The Bertz CT molecular complexity index is 861. The second kappa shape index (κ2) is 7.91. The molecule has 6 heteroatoms. The minimum Gasteiger partial charge on any atom is -0.461 e. The molecule has 0 radical (unpaired) electrons. The van der Waals surface area contributed by atoms with Crippen LogP contribution >= 0.6 is 23.2 Å². The van der Waals surface area contributed by atoms with Gasteiger partial charge < -0.3 is 9.47 Å². The number of carbonyl (C=O) groups is 1. The Balaban J connectivity index is 1.64. The molecule has 0 saturated heterocycles. The van der Waals surface area contributed by atoms with E-state index < -0.39 is 5.82 Å². The first-order chi connectivity index (χ1) is 12.8. The summed E-state index contributed by atoms with van der Waals surface area (Å²) in [6.07, 6.45) is 1.67. The van der Waals surface area contributed by atoms with Crippen molar-refractivity contribution in [2.75, 3.05) is 0 Å². The predicted octanol–water partition coefficient (Wildman–Crippen LogP) is 6.25. The summed E-state index contributed by atoms with van der Waals surface area (Å²) in [5.74, 6) is -0.565. The molecule has 3 rings (SSSR count). The smallest absolute Gasteiger partial charge is 0.310 e. The van der Waals surface area contributed by atoms with Crippen LogP contribution in [0.4, 0.5) is 4.39 Å². The number of allylic oxidation sites excluding steroid dienone is 1. The molecule has 0 bridgehead atoms. The molecule has 1 aliphatic carbocycles. The molecule has 0 heterocycles. The number of para-hydroxylation sites is 1. The van der Waals surface area contributed by atoms with Crippen LogP contribution in [0.25, 0.3) is 0 Å². The minimum atomic E-state index is -0.487. The highest BCUT2D eigenvalue weighted by Crippen LogP contribution is 2.60. The second-order valence-corrected chi connectivity index (χ2v) is 8.08. The van der Waals surface area contributed by atoms with Crippen molar-refractivity contribution in [2.45, 2.75) is 20.5 Å². The van der Waals surface area contributed by atoms with E-state index in [1.807, 2.05) is 19.9 Å². The molecule has 1 saturated carbocycles. The summed E-state index contributed by atoms with van der Waals surface area (Å²) >= 11 is 11.4. The minimum absolute atomic E-state index is 0.0296. The third-order valence-electron chi connectivity index (χ3n) is 4.82. The van der Waals surface area contributed by atoms with Crippen LogP contribution in [-0.4, -0.2) is 5.97 Å². The number of esters is 1. The molecule has 0 N–H and O–H groups in total. The van der Waals surface area contributed by atoms with E-state index >= 15 is 0 Å². The highest BCUT2D eigenvalue weighted by atomic mass is 35.5. The molecule has 1 fully saturated rings. The third-order valence-corrected chi connectivity index (χ3v) is 5.07. The molecule has 2 unspecified atom stereocenters. The standard InChI is InChI=1S/C21H19Cl2FO3/c1-21(2)15(11-18(22)23)19(21)20(25)26-12-13-8-9-16(24)17(10-13)27-14-6-4-3-5-7-14/h3-11,15,19H,12H2,1-2H3. The maximum absolute atomic E-state index is 14.0. The second-order valence-electron chi connectivity index (χ2n) is 7.07. The van der Waals surface area contributed by atoms with Gasteiger partial charge in [0.25, 0.3) is 0 Å². The summed E-state index contributed by atoms with van der Waals surface area (Å²) in [6, 6.07) is 13.3. The van der Waals surface area contributed by atoms with E-state index in [9.17, 15) is 9.18 Å². The molecule has 3 nitrogen and oxygen atoms in total. The van der Waals surface area contributed by atoms with Gasteiger partial charge in [-0.25, -0.2) is 4.39 Å². The van der Waals surface area contributed by atoms with E-state index in [0.29, 0.717) is 11.3 Å². The van der Waals surface area contributed by atoms with Crippen molar-refractivity contribution in [1.29, 1.82) is 0 Å². The van der Waals surface area contributed by atoms with E-state index in [4.69, 9.17) is 32.7 Å². The molecule has 142 valence electrons. The summed E-state index contributed by atoms with van der Waals surface area (Å²) in [7, 11) is 0. The first-order valence-corrected chi connectivity index (χ1v) is 9.25. The zero-order valence-corrected chi connectivity index (χ0v) is 16.4. The maximum Gasteiger partial charge on any atom is 0.310 e. The Labute approximate surface area is 167 Å². The topological polar surface area (TPSA) is 35.5 Å². The summed E-state index contributed by atoms with van der Waals surface area (Å²) in [5.41, 5.74) is 0.382. The van der Waals surface area contributed by atoms with E-state index in [2.05, 4.69) is 0 Å². The molecule has 0 amide bonds. The van der Waals surface area contributed by atoms with Crippen LogP contribution < -0.4 is 4.74 Å². The fourth-order valence-corrected chi connectivity index (χ4v) is 3.42. The highest BCUT2D eigenvalue weighted by molar-refractivity contribution is 6.55. The number of halogens is 3. The zero-order valence-electron chi connectivity index (χ0n) is 14.9. The summed E-state index contributed by atoms with van der Waals surface area (Å²) < 4.78 is 25.1. The van der Waals surface area contributed by atoms with Crippen LogP contribution in [0.15, 0.2) is 59.1 Å². The first kappa shape index (κ1) is 19.7. The lowest BCUT2D eigenvalue weighted by molar-refractivity contribution is -0.147. The lowest BCUT2D eigenvalue weighted by Crippen LogP contribution is -2.10. The molecular formula is C21H19Cl2FO3. The van der Waals surface area contributed by atoms with Gasteiger partial charge in [-0.05, 0) is 47.2 Å². The Morgan fingerprint density at radius 1 is 1.19 bits per heavy atom. The fourth-order valence-electron chi connectivity index (χ4n) is 3.15. The zero-order chi connectivity index (χ0) is 19.6. The average Bonchev–Trinajstić information content (AvgIpc) is 3.15. The van der Waals surface area contributed by atoms with E-state index in [0.717, 1.165) is 0 Å². The monoisotopic (exact) mass is 408 g/mol. The van der Waals surface area contributed by atoms with Crippen LogP contribution in [0.2, 0.25) is 0 Å². The highest BCUT2D eigenvalue weighted by Gasteiger charge is 2.61. The van der Waals surface area contributed by atoms with E-state index in [1.165, 1.54) is 12.1 Å². The molecular weight excluding hydrogens is 390 g/mol. The molecule has 0 aliphatic heterocycles. The van der Waals surface area contributed by atoms with Gasteiger partial charge in [0.1, 0.15) is 16.8 Å². The van der Waals surface area contributed by atoms with Crippen LogP contribution in [0.3, 0.4) is 0 Å². The van der Waals surface area contributed by atoms with Crippen molar-refractivity contribution in [3.05, 3.63) is 70.5 Å². The number of ether oxygens (including phenoxy) is 2. The van der Waals surface area contributed by atoms with Gasteiger partial charge in [-0.2, -0.15) is 0 Å². The Kier molecular flexibility index (Phi) is 5.78. The largest absolute Gasteiger partial charge is 0.461 e. The molecule has 2 atom stereocenters. The molecule has 0 aromatic heterocycles. The number of rotatable bonds is 6. The SMILES string of the molecule is CC1(C)C(C=C(Cl)Cl)C1C(=O)OCc1ccc(F)c(Oc2ccccc2)c1. The number of hydrogen-bond donors (Lipinski definition) is 0. The number of benzene rings is 2. The normalized spacial score (nSPS) is 19.9. The van der Waals surface area contributed by atoms with Crippen LogP contribution in [-0.2, 0) is 16.1 Å². The van der Waals surface area contributed by atoms with Gasteiger partial charge in [0, 0.05) is 0 Å². The maximum atomic E-state index is 14.0. The van der Waals surface area contributed by atoms with Crippen molar-refractivity contribution in [3.8, 4) is 11.5 Å². The third kappa shape index (κ3) is 4.63. The molecule has 2 aromatic carbocycles. The first-order valence-electron chi connectivity index (χ1n) is 8.50. The summed E-state index contributed by atoms with van der Waals surface area (Å²) in [6.45, 7) is 3.95. The van der Waals surface area contributed by atoms with E-state index in [-0.39, 0.29) is 40.1 Å². The van der Waals surface area contributed by atoms with Gasteiger partial charge in [-0.3, -0.25) is 4.79 Å². The van der Waals surface area contributed by atoms with Crippen molar-refractivity contribution >= 4 is 29.2 Å². The number of carbonyl (C=O) groups excluding carboxylic acids is 1. The number of hydrogen-bond acceptors (Lipinski definition) is 3. The van der Waals surface area contributed by atoms with Gasteiger partial charge in [0.15, 0.2) is 11.6 Å². The van der Waals surface area contributed by atoms with Gasteiger partial charge in [-0.15, -0.1) is 0 Å². The van der Waals surface area contributed by atoms with Gasteiger partial charge in [0.2, 0.25) is 0 Å². The van der Waals surface area contributed by atoms with Crippen molar-refractivity contribution < 1.29 is 18.7 Å². The van der Waals surface area contributed by atoms with E-state index in [1.54, 1.807) is 36.4 Å². The Hall–Kier alpha value is -2.04. The Morgan fingerprint density at radius 2 is 1.89 bits per heavy atom.